The zero-order valence-corrected chi connectivity index (χ0v) is 37.7. The van der Waals surface area contributed by atoms with E-state index >= 15 is 0 Å². The summed E-state index contributed by atoms with van der Waals surface area (Å²) in [6, 6.07) is 3.93. The highest BCUT2D eigenvalue weighted by Gasteiger charge is 2.47. The van der Waals surface area contributed by atoms with E-state index in [-0.39, 0.29) is 37.5 Å². The number of amides is 4. The van der Waals surface area contributed by atoms with Gasteiger partial charge in [0.05, 0.1) is 19.3 Å². The maximum Gasteiger partial charge on any atom is 0.410 e. The Bertz CT molecular complexity index is 1810. The maximum absolute atomic E-state index is 14.8. The van der Waals surface area contributed by atoms with E-state index in [4.69, 9.17) is 14.2 Å². The Morgan fingerprint density at radius 3 is 1.98 bits per heavy atom. The molecule has 2 N–H and O–H groups in total. The number of hydrogen-bond acceptors (Lipinski definition) is 9. The number of nitrogens with one attached hydrogen (secondary N) is 2. The van der Waals surface area contributed by atoms with Gasteiger partial charge in [0.1, 0.15) is 23.7 Å². The molecule has 4 amide bonds. The van der Waals surface area contributed by atoms with Gasteiger partial charge in [-0.05, 0) is 70.9 Å². The Morgan fingerprint density at radius 2 is 1.45 bits per heavy atom. The molecule has 0 bridgehead atoms. The van der Waals surface area contributed by atoms with Crippen molar-refractivity contribution >= 4 is 46.7 Å². The van der Waals surface area contributed by atoms with Crippen molar-refractivity contribution in [2.24, 2.45) is 18.4 Å². The molecule has 2 rings (SSSR count). The largest absolute Gasteiger partial charge is 0.466 e. The van der Waals surface area contributed by atoms with Crippen LogP contribution < -0.4 is 10.6 Å². The molecule has 0 unspecified atom stereocenters. The molecule has 1 aromatic carbocycles. The third-order valence-electron chi connectivity index (χ3n) is 10.1. The van der Waals surface area contributed by atoms with Crippen LogP contribution in [-0.2, 0) is 50.6 Å². The first-order chi connectivity index (χ1) is 26.7. The molecule has 2 aromatic rings. The van der Waals surface area contributed by atoms with Gasteiger partial charge in [0.25, 0.3) is 0 Å². The third kappa shape index (κ3) is 12.8. The number of esters is 2. The fourth-order valence-corrected chi connectivity index (χ4v) is 6.99. The van der Waals surface area contributed by atoms with Crippen LogP contribution in [0.2, 0.25) is 0 Å². The van der Waals surface area contributed by atoms with Gasteiger partial charge in [-0.2, -0.15) is 0 Å². The molecule has 0 aliphatic carbocycles. The van der Waals surface area contributed by atoms with Crippen LogP contribution in [0.25, 0.3) is 10.9 Å². The molecule has 0 spiro atoms. The van der Waals surface area contributed by atoms with Crippen molar-refractivity contribution < 1.29 is 43.0 Å². The molecule has 4 atom stereocenters. The SMILES string of the molecule is CCOC(=O)CC[C@H](NC(=O)/C(C)=C/[C@H](C(C)C)N(C)C(=O)[C@@H](NC(=O)[C@@H](N(C)C(=O)OC(C)(C)C)C(C)(C)c1cn(C)c2ccccc12)C(C)(C)C)C(=O)OCC. The summed E-state index contributed by atoms with van der Waals surface area (Å²) in [4.78, 5) is 84.2. The van der Waals surface area contributed by atoms with Gasteiger partial charge in [-0.25, -0.2) is 9.59 Å². The lowest BCUT2D eigenvalue weighted by molar-refractivity contribution is -0.148. The average molecular weight is 812 g/mol. The second kappa shape index (κ2) is 20.2. The van der Waals surface area contributed by atoms with Gasteiger partial charge in [-0.1, -0.05) is 72.7 Å². The number of carbonyl (C=O) groups is 6. The van der Waals surface area contributed by atoms with E-state index in [2.05, 4.69) is 10.6 Å². The summed E-state index contributed by atoms with van der Waals surface area (Å²) < 4.78 is 17.9. The standard InChI is InChI=1S/C44H69N5O9/c1-17-56-34(50)24-23-31(40(54)57-18-2)45-37(51)28(5)25-33(27(3)4)48(15)39(53)35(42(6,7)8)46-38(52)36(49(16)41(55)58-43(9,10)11)44(12,13)30-26-47(14)32-22-20-19-21-29(30)32/h19-22,25-27,31,33,35-36H,17-18,23-24H2,1-16H3,(H,45,51)(H,46,52)/b28-25+/t31-,33+,35+,36+/m0/s1. The number of aromatic nitrogens is 1. The molecule has 0 saturated carbocycles. The molecule has 0 aliphatic heterocycles. The number of carbonyl (C=O) groups excluding carboxylic acids is 6. The predicted octanol–water partition coefficient (Wildman–Crippen LogP) is 6.04. The highest BCUT2D eigenvalue weighted by Crippen LogP contribution is 2.37. The average Bonchev–Trinajstić information content (AvgIpc) is 3.46. The summed E-state index contributed by atoms with van der Waals surface area (Å²) in [7, 11) is 5.07. The first-order valence-electron chi connectivity index (χ1n) is 20.1. The fraction of sp³-hybridized carbons (Fsp3) is 0.636. The number of nitrogens with zero attached hydrogens (tertiary/aromatic N) is 3. The van der Waals surface area contributed by atoms with Crippen LogP contribution in [0.4, 0.5) is 4.79 Å². The maximum atomic E-state index is 14.8. The van der Waals surface area contributed by atoms with Gasteiger partial charge in [0.2, 0.25) is 17.7 Å². The first-order valence-corrected chi connectivity index (χ1v) is 20.1. The number of ether oxygens (including phenoxy) is 3. The van der Waals surface area contributed by atoms with E-state index in [1.807, 2.05) is 90.5 Å². The molecule has 14 heteroatoms. The zero-order valence-electron chi connectivity index (χ0n) is 37.7. The third-order valence-corrected chi connectivity index (χ3v) is 10.1. The van der Waals surface area contributed by atoms with Crippen molar-refractivity contribution in [1.82, 2.24) is 25.0 Å². The van der Waals surface area contributed by atoms with Crippen molar-refractivity contribution in [3.8, 4) is 0 Å². The number of para-hydroxylation sites is 1. The van der Waals surface area contributed by atoms with Crippen LogP contribution in [0, 0.1) is 11.3 Å². The molecule has 0 fully saturated rings. The number of benzene rings is 1. The first kappa shape index (κ1) is 49.3. The molecule has 324 valence electrons. The summed E-state index contributed by atoms with van der Waals surface area (Å²) in [6.07, 6.45) is 2.80. The second-order valence-electron chi connectivity index (χ2n) is 17.8. The number of aryl methyl sites for hydroxylation is 1. The minimum Gasteiger partial charge on any atom is -0.466 e. The molecule has 14 nitrogen and oxygen atoms in total. The molecule has 1 aromatic heterocycles. The molecule has 0 saturated heterocycles. The van der Waals surface area contributed by atoms with Gasteiger partial charge in [-0.3, -0.25) is 24.1 Å². The van der Waals surface area contributed by atoms with Crippen molar-refractivity contribution in [2.45, 2.75) is 138 Å². The highest BCUT2D eigenvalue weighted by atomic mass is 16.6. The molecular formula is C44H69N5O9. The summed E-state index contributed by atoms with van der Waals surface area (Å²) in [6.45, 7) is 23.6. The Morgan fingerprint density at radius 1 is 0.862 bits per heavy atom. The summed E-state index contributed by atoms with van der Waals surface area (Å²) >= 11 is 0. The van der Waals surface area contributed by atoms with Gasteiger partial charge in [0, 0.05) is 55.7 Å². The van der Waals surface area contributed by atoms with E-state index in [0.29, 0.717) is 0 Å². The topological polar surface area (TPSA) is 166 Å². The Labute approximate surface area is 345 Å². The molecule has 58 heavy (non-hydrogen) atoms. The Hall–Kier alpha value is -4.88. The number of likely N-dealkylation sites (N-methyl/N-ethyl adjacent to an activating group) is 2. The molecule has 0 radical (unpaired) electrons. The van der Waals surface area contributed by atoms with Crippen LogP contribution in [0.15, 0.2) is 42.1 Å². The molecule has 1 heterocycles. The van der Waals surface area contributed by atoms with Crippen LogP contribution >= 0.6 is 0 Å². The van der Waals surface area contributed by atoms with Crippen LogP contribution in [0.1, 0.15) is 108 Å². The second-order valence-corrected chi connectivity index (χ2v) is 17.8. The zero-order chi connectivity index (χ0) is 44.5. The van der Waals surface area contributed by atoms with E-state index in [9.17, 15) is 28.8 Å². The van der Waals surface area contributed by atoms with Crippen LogP contribution in [-0.4, -0.2) is 107 Å². The lowest BCUT2D eigenvalue weighted by atomic mass is 9.76. The van der Waals surface area contributed by atoms with Crippen molar-refractivity contribution in [1.29, 1.82) is 0 Å². The van der Waals surface area contributed by atoms with Gasteiger partial charge in [-0.15, -0.1) is 0 Å². The lowest BCUT2D eigenvalue weighted by Gasteiger charge is -2.42. The minimum atomic E-state index is -1.13. The van der Waals surface area contributed by atoms with Gasteiger partial charge < -0.3 is 34.3 Å². The van der Waals surface area contributed by atoms with Crippen molar-refractivity contribution in [2.75, 3.05) is 27.3 Å². The summed E-state index contributed by atoms with van der Waals surface area (Å²) in [5, 5.41) is 6.64. The van der Waals surface area contributed by atoms with E-state index in [1.54, 1.807) is 54.7 Å². The molecular weight excluding hydrogens is 743 g/mol. The van der Waals surface area contributed by atoms with E-state index < -0.39 is 76.4 Å². The number of fused-ring (bicyclic) bond motifs is 1. The van der Waals surface area contributed by atoms with Crippen LogP contribution in [0.5, 0.6) is 0 Å². The smallest absolute Gasteiger partial charge is 0.410 e. The van der Waals surface area contributed by atoms with Gasteiger partial charge >= 0.3 is 18.0 Å². The Balaban J connectivity index is 2.55. The minimum absolute atomic E-state index is 0.0168. The number of rotatable bonds is 17. The normalized spacial score (nSPS) is 14.5. The van der Waals surface area contributed by atoms with Crippen molar-refractivity contribution in [3.63, 3.8) is 0 Å². The van der Waals surface area contributed by atoms with E-state index in [1.165, 1.54) is 16.8 Å². The number of hydrogen-bond donors (Lipinski definition) is 2. The monoisotopic (exact) mass is 812 g/mol. The van der Waals surface area contributed by atoms with Gasteiger partial charge in [0.15, 0.2) is 0 Å². The molecule has 0 aliphatic rings. The summed E-state index contributed by atoms with van der Waals surface area (Å²) in [5.74, 6) is -2.90. The quantitative estimate of drug-likeness (QED) is 0.110. The fourth-order valence-electron chi connectivity index (χ4n) is 6.99. The lowest BCUT2D eigenvalue weighted by Crippen LogP contribution is -2.63. The van der Waals surface area contributed by atoms with Crippen molar-refractivity contribution in [3.05, 3.63) is 47.7 Å². The van der Waals surface area contributed by atoms with Crippen LogP contribution in [0.3, 0.4) is 0 Å². The predicted molar refractivity (Wildman–Crippen MR) is 225 cm³/mol. The highest BCUT2D eigenvalue weighted by molar-refractivity contribution is 5.97. The Kier molecular flexibility index (Phi) is 17.2. The summed E-state index contributed by atoms with van der Waals surface area (Å²) in [5.41, 5.74) is -0.599. The van der Waals surface area contributed by atoms with E-state index in [0.717, 1.165) is 16.5 Å².